The van der Waals surface area contributed by atoms with Gasteiger partial charge in [-0.1, -0.05) is 11.8 Å². The number of thiazole rings is 1. The van der Waals surface area contributed by atoms with Crippen molar-refractivity contribution < 1.29 is 23.9 Å². The second kappa shape index (κ2) is 10.5. The monoisotopic (exact) mass is 501 g/mol. The quantitative estimate of drug-likeness (QED) is 0.197. The zero-order chi connectivity index (χ0) is 24.3. The Morgan fingerprint density at radius 3 is 2.79 bits per heavy atom. The first-order valence-corrected chi connectivity index (χ1v) is 13.2. The number of carbonyl (C=O) groups is 1. The van der Waals surface area contributed by atoms with E-state index in [4.69, 9.17) is 5.21 Å². The van der Waals surface area contributed by atoms with E-state index in [-0.39, 0.29) is 18.3 Å². The summed E-state index contributed by atoms with van der Waals surface area (Å²) >= 11 is -0.680. The van der Waals surface area contributed by atoms with Gasteiger partial charge in [0, 0.05) is 37.0 Å². The summed E-state index contributed by atoms with van der Waals surface area (Å²) in [5.74, 6) is 11.6. The molecule has 2 aliphatic rings. The number of fused-ring (bicyclic) bond motifs is 1. The number of nitrogens with one attached hydrogen (secondary N) is 1. The molecule has 8 nitrogen and oxygen atoms in total. The van der Waals surface area contributed by atoms with E-state index in [1.54, 1.807) is 12.4 Å². The topological polar surface area (TPSA) is 123 Å². The first-order chi connectivity index (χ1) is 16.3. The molecule has 1 saturated carbocycles. The van der Waals surface area contributed by atoms with E-state index in [1.165, 1.54) is 11.3 Å². The van der Waals surface area contributed by atoms with E-state index in [2.05, 4.69) is 33.6 Å². The Labute approximate surface area is 205 Å². The number of hydroxylamine groups is 1. The molecule has 1 saturated heterocycles. The van der Waals surface area contributed by atoms with Crippen LogP contribution >= 0.6 is 11.3 Å². The van der Waals surface area contributed by atoms with Crippen LogP contribution in [0.4, 0.5) is 0 Å². The van der Waals surface area contributed by atoms with Crippen LogP contribution in [-0.2, 0) is 22.3 Å². The number of carbonyl (C=O) groups excluding carboxylic acids is 1. The van der Waals surface area contributed by atoms with E-state index >= 15 is 0 Å². The highest BCUT2D eigenvalue weighted by Crippen LogP contribution is 2.31. The Balaban J connectivity index is 1.34. The Morgan fingerprint density at radius 1 is 1.35 bits per heavy atom. The van der Waals surface area contributed by atoms with Gasteiger partial charge in [-0.2, -0.15) is 0 Å². The molecule has 0 radical (unpaired) electrons. The number of aromatic nitrogens is 1. The highest BCUT2D eigenvalue weighted by molar-refractivity contribution is 7.79. The lowest BCUT2D eigenvalue weighted by Gasteiger charge is -2.48. The summed E-state index contributed by atoms with van der Waals surface area (Å²) in [6.07, 6.45) is 2.34. The number of aryl methyl sites for hydroxylation is 1. The third-order valence-corrected chi connectivity index (χ3v) is 8.44. The molecule has 10 heteroatoms. The van der Waals surface area contributed by atoms with Crippen LogP contribution in [0.5, 0.6) is 0 Å². The van der Waals surface area contributed by atoms with Crippen molar-refractivity contribution in [2.45, 2.75) is 44.8 Å². The molecule has 2 aromatic rings. The maximum atomic E-state index is 12.0. The number of aliphatic hydroxyl groups is 1. The van der Waals surface area contributed by atoms with Crippen LogP contribution in [-0.4, -0.2) is 65.9 Å². The van der Waals surface area contributed by atoms with Crippen molar-refractivity contribution in [2.75, 3.05) is 18.8 Å². The van der Waals surface area contributed by atoms with Gasteiger partial charge in [-0.25, -0.2) is 14.7 Å². The molecule has 0 spiro atoms. The summed E-state index contributed by atoms with van der Waals surface area (Å²) in [6.45, 7) is 3.46. The Hall–Kier alpha value is -2.31. The first-order valence-electron chi connectivity index (χ1n) is 11.1. The third-order valence-electron chi connectivity index (χ3n) is 6.48. The molecular weight excluding hydrogens is 474 g/mol. The molecule has 180 valence electrons. The van der Waals surface area contributed by atoms with Crippen molar-refractivity contribution in [3.05, 3.63) is 28.8 Å². The zero-order valence-corrected chi connectivity index (χ0v) is 20.4. The van der Waals surface area contributed by atoms with Crippen LogP contribution in [0.3, 0.4) is 0 Å². The normalized spacial score (nSPS) is 22.8. The van der Waals surface area contributed by atoms with Crippen molar-refractivity contribution in [2.24, 2.45) is 11.3 Å². The van der Waals surface area contributed by atoms with E-state index in [9.17, 15) is 18.7 Å². The minimum Gasteiger partial charge on any atom is -0.393 e. The fraction of sp³-hybridized carbons (Fsp3) is 0.500. The number of rotatable bonds is 7. The lowest BCUT2D eigenvalue weighted by molar-refractivity contribution is -0.138. The number of hydrogen-bond donors (Lipinski definition) is 4. The summed E-state index contributed by atoms with van der Waals surface area (Å²) < 4.78 is 21.5. The van der Waals surface area contributed by atoms with Crippen LogP contribution in [0.2, 0.25) is 0 Å². The van der Waals surface area contributed by atoms with Crippen LogP contribution < -0.4 is 5.48 Å². The van der Waals surface area contributed by atoms with Crippen molar-refractivity contribution >= 4 is 38.5 Å². The second-order valence-corrected chi connectivity index (χ2v) is 11.3. The lowest BCUT2D eigenvalue weighted by Crippen LogP contribution is -2.57. The van der Waals surface area contributed by atoms with Gasteiger partial charge >= 0.3 is 0 Å². The van der Waals surface area contributed by atoms with E-state index in [0.717, 1.165) is 46.7 Å². The molecule has 1 aromatic heterocycles. The van der Waals surface area contributed by atoms with Gasteiger partial charge in [0.1, 0.15) is 0 Å². The maximum Gasteiger partial charge on any atom is 0.250 e. The molecule has 0 bridgehead atoms. The molecule has 1 unspecified atom stereocenters. The molecule has 2 fully saturated rings. The Morgan fingerprint density at radius 2 is 2.12 bits per heavy atom. The molecular formula is C24H27N3O5S2. The molecule has 1 aliphatic carbocycles. The predicted molar refractivity (Wildman–Crippen MR) is 130 cm³/mol. The van der Waals surface area contributed by atoms with Gasteiger partial charge in [-0.05, 0) is 56.2 Å². The summed E-state index contributed by atoms with van der Waals surface area (Å²) in [7, 11) is 0. The van der Waals surface area contributed by atoms with Gasteiger partial charge in [0.25, 0.3) is 0 Å². The van der Waals surface area contributed by atoms with Crippen LogP contribution in [0.1, 0.15) is 36.8 Å². The van der Waals surface area contributed by atoms with Crippen LogP contribution in [0.15, 0.2) is 18.2 Å². The van der Waals surface area contributed by atoms with Gasteiger partial charge in [-0.15, -0.1) is 11.3 Å². The highest BCUT2D eigenvalue weighted by atomic mass is 32.2. The van der Waals surface area contributed by atoms with Crippen LogP contribution in [0.25, 0.3) is 10.2 Å². The average Bonchev–Trinajstić information content (AvgIpc) is 3.16. The predicted octanol–water partition coefficient (Wildman–Crippen LogP) is 1.77. The number of aliphatic hydroxyl groups excluding tert-OH is 1. The lowest BCUT2D eigenvalue weighted by atomic mass is 9.84. The summed E-state index contributed by atoms with van der Waals surface area (Å²) in [4.78, 5) is 19.0. The summed E-state index contributed by atoms with van der Waals surface area (Å²) in [5.41, 5.74) is 2.08. The van der Waals surface area contributed by atoms with Gasteiger partial charge < -0.3 is 9.66 Å². The third kappa shape index (κ3) is 5.84. The smallest absolute Gasteiger partial charge is 0.250 e. The standard InChI is InChI=1S/C24H27N3O5S2/c1-24(15-34(31)32,23(29)26-30)9-8-22-25-20-7-6-16(10-21(20)33-22)4-2-3-5-17-13-27(14-17)18-11-19(28)12-18/h6-7,10,17-19,28,30H,8-9,11-15H2,1H3,(H,26,29)(H,31,32)/t18?,19?,24-/m0/s1. The molecule has 4 N–H and O–H groups in total. The van der Waals surface area contributed by atoms with E-state index < -0.39 is 22.4 Å². The fourth-order valence-corrected chi connectivity index (χ4v) is 6.03. The Bertz CT molecular complexity index is 1210. The van der Waals surface area contributed by atoms with Crippen LogP contribution in [0, 0.1) is 35.0 Å². The molecule has 2 atom stereocenters. The van der Waals surface area contributed by atoms with E-state index in [0.29, 0.717) is 18.4 Å². The average molecular weight is 502 g/mol. The van der Waals surface area contributed by atoms with Gasteiger partial charge in [-0.3, -0.25) is 14.9 Å². The SMILES string of the molecule is C[C@](CCc1nc2ccc(C#CC#CC3CN(C4CC(O)C4)C3)cc2s1)(CS(=O)O)C(=O)NO. The first kappa shape index (κ1) is 24.8. The number of benzene rings is 1. The molecule has 4 rings (SSSR count). The summed E-state index contributed by atoms with van der Waals surface area (Å²) in [5, 5.41) is 19.2. The maximum absolute atomic E-state index is 12.0. The van der Waals surface area contributed by atoms with Gasteiger partial charge in [0.2, 0.25) is 5.91 Å². The van der Waals surface area contributed by atoms with Gasteiger partial charge in [0.15, 0.2) is 11.1 Å². The molecule has 34 heavy (non-hydrogen) atoms. The number of nitrogens with zero attached hydrogens (tertiary/aromatic N) is 2. The van der Waals surface area contributed by atoms with E-state index in [1.807, 2.05) is 18.2 Å². The minimum absolute atomic E-state index is 0.126. The molecule has 2 heterocycles. The van der Waals surface area contributed by atoms with Crippen molar-refractivity contribution in [1.29, 1.82) is 0 Å². The Kier molecular flexibility index (Phi) is 7.68. The highest BCUT2D eigenvalue weighted by Gasteiger charge is 2.38. The largest absolute Gasteiger partial charge is 0.393 e. The van der Waals surface area contributed by atoms with Crippen molar-refractivity contribution in [1.82, 2.24) is 15.4 Å². The molecule has 1 aromatic carbocycles. The molecule has 1 aliphatic heterocycles. The fourth-order valence-electron chi connectivity index (χ4n) is 4.20. The van der Waals surface area contributed by atoms with Crippen molar-refractivity contribution in [3.63, 3.8) is 0 Å². The zero-order valence-electron chi connectivity index (χ0n) is 18.8. The minimum atomic E-state index is -2.17. The number of likely N-dealkylation sites (tertiary alicyclic amines) is 1. The van der Waals surface area contributed by atoms with Crippen molar-refractivity contribution in [3.8, 4) is 23.7 Å². The second-order valence-electron chi connectivity index (χ2n) is 9.21. The molecule has 1 amide bonds. The number of hydrogen-bond acceptors (Lipinski definition) is 7. The summed E-state index contributed by atoms with van der Waals surface area (Å²) in [6, 6.07) is 6.27. The number of amides is 1. The van der Waals surface area contributed by atoms with Gasteiger partial charge in [0.05, 0.1) is 32.5 Å².